The van der Waals surface area contributed by atoms with Gasteiger partial charge in [-0.2, -0.15) is 0 Å². The summed E-state index contributed by atoms with van der Waals surface area (Å²) in [7, 11) is 0. The van der Waals surface area contributed by atoms with Crippen LogP contribution in [0.2, 0.25) is 0 Å². The normalized spacial score (nSPS) is 11.8. The molecule has 1 atom stereocenters. The van der Waals surface area contributed by atoms with Crippen LogP contribution in [0.25, 0.3) is 21.7 Å². The SMILES string of the molecule is C[C@H](NC(=O)c1cccc([N+](=O)[O-])c1)C(=O)OCc1cc(=O)oc2ccc3ccccc3c12. The highest BCUT2D eigenvalue weighted by molar-refractivity contribution is 6.07. The summed E-state index contributed by atoms with van der Waals surface area (Å²) in [6, 6.07) is 16.5. The summed E-state index contributed by atoms with van der Waals surface area (Å²) in [5, 5.41) is 15.8. The van der Waals surface area contributed by atoms with Crippen LogP contribution in [0, 0.1) is 10.1 Å². The van der Waals surface area contributed by atoms with E-state index in [1.807, 2.05) is 30.3 Å². The van der Waals surface area contributed by atoms with Gasteiger partial charge in [0.1, 0.15) is 18.2 Å². The van der Waals surface area contributed by atoms with Crippen molar-refractivity contribution in [2.45, 2.75) is 19.6 Å². The van der Waals surface area contributed by atoms with Gasteiger partial charge in [-0.1, -0.05) is 36.4 Å². The Morgan fingerprint density at radius 1 is 1.09 bits per heavy atom. The lowest BCUT2D eigenvalue weighted by molar-refractivity contribution is -0.384. The molecule has 4 aromatic rings. The molecule has 0 fully saturated rings. The number of nitrogens with one attached hydrogen (secondary N) is 1. The van der Waals surface area contributed by atoms with Crippen LogP contribution in [0.5, 0.6) is 0 Å². The molecule has 1 aromatic heterocycles. The van der Waals surface area contributed by atoms with Gasteiger partial charge < -0.3 is 14.5 Å². The van der Waals surface area contributed by atoms with Crippen LogP contribution in [0.15, 0.2) is 75.9 Å². The molecule has 0 bridgehead atoms. The van der Waals surface area contributed by atoms with Crippen molar-refractivity contribution in [1.29, 1.82) is 0 Å². The molecule has 1 N–H and O–H groups in total. The Balaban J connectivity index is 1.51. The van der Waals surface area contributed by atoms with Crippen LogP contribution in [-0.2, 0) is 16.1 Å². The van der Waals surface area contributed by atoms with E-state index in [9.17, 15) is 24.5 Å². The molecule has 0 saturated carbocycles. The number of benzene rings is 3. The van der Waals surface area contributed by atoms with E-state index in [2.05, 4.69) is 5.32 Å². The minimum absolute atomic E-state index is 0.0435. The van der Waals surface area contributed by atoms with Crippen LogP contribution in [0.4, 0.5) is 5.69 Å². The fourth-order valence-corrected chi connectivity index (χ4v) is 3.51. The van der Waals surface area contributed by atoms with Crippen molar-refractivity contribution in [3.63, 3.8) is 0 Å². The fourth-order valence-electron chi connectivity index (χ4n) is 3.51. The predicted molar refractivity (Wildman–Crippen MR) is 120 cm³/mol. The van der Waals surface area contributed by atoms with Crippen molar-refractivity contribution in [3.05, 3.63) is 98.4 Å². The van der Waals surface area contributed by atoms with Gasteiger partial charge in [0.15, 0.2) is 0 Å². The number of rotatable bonds is 6. The second kappa shape index (κ2) is 8.91. The molecule has 0 saturated heterocycles. The van der Waals surface area contributed by atoms with Gasteiger partial charge in [-0.15, -0.1) is 0 Å². The second-order valence-corrected chi connectivity index (χ2v) is 7.36. The van der Waals surface area contributed by atoms with Gasteiger partial charge in [-0.3, -0.25) is 14.9 Å². The third-order valence-corrected chi connectivity index (χ3v) is 5.10. The first-order valence-corrected chi connectivity index (χ1v) is 10.00. The number of hydrogen-bond acceptors (Lipinski definition) is 7. The summed E-state index contributed by atoms with van der Waals surface area (Å²) < 4.78 is 10.6. The standard InChI is InChI=1S/C24H18N2O7/c1-14(25-23(28)16-6-4-7-18(11-16)26(30)31)24(29)32-13-17-12-21(27)33-20-10-9-15-5-2-3-8-19(15)22(17)20/h2-12,14H,13H2,1H3,(H,25,28)/t14-/m0/s1. The number of ether oxygens (including phenoxy) is 1. The topological polar surface area (TPSA) is 129 Å². The Bertz CT molecular complexity index is 1460. The lowest BCUT2D eigenvalue weighted by Gasteiger charge is -2.14. The zero-order chi connectivity index (χ0) is 23.5. The van der Waals surface area contributed by atoms with Crippen LogP contribution in [-0.4, -0.2) is 22.8 Å². The number of nitro groups is 1. The maximum absolute atomic E-state index is 12.5. The first-order valence-electron chi connectivity index (χ1n) is 10.00. The van der Waals surface area contributed by atoms with Crippen molar-refractivity contribution < 1.29 is 23.7 Å². The van der Waals surface area contributed by atoms with E-state index >= 15 is 0 Å². The highest BCUT2D eigenvalue weighted by Gasteiger charge is 2.20. The summed E-state index contributed by atoms with van der Waals surface area (Å²) in [4.78, 5) is 47.1. The number of nitrogens with zero attached hydrogens (tertiary/aromatic N) is 1. The molecule has 0 aliphatic carbocycles. The van der Waals surface area contributed by atoms with E-state index in [0.717, 1.165) is 16.8 Å². The summed E-state index contributed by atoms with van der Waals surface area (Å²) in [6.07, 6.45) is 0. The molecule has 0 aliphatic heterocycles. The molecule has 3 aromatic carbocycles. The van der Waals surface area contributed by atoms with E-state index in [1.54, 1.807) is 6.07 Å². The van der Waals surface area contributed by atoms with Crippen LogP contribution in [0.3, 0.4) is 0 Å². The molecule has 0 unspecified atom stereocenters. The summed E-state index contributed by atoms with van der Waals surface area (Å²) in [5.74, 6) is -1.38. The van der Waals surface area contributed by atoms with E-state index < -0.39 is 28.5 Å². The van der Waals surface area contributed by atoms with Gasteiger partial charge in [0.25, 0.3) is 11.6 Å². The second-order valence-electron chi connectivity index (χ2n) is 7.36. The molecular formula is C24H18N2O7. The highest BCUT2D eigenvalue weighted by atomic mass is 16.6. The predicted octanol–water partition coefficient (Wildman–Crippen LogP) is 3.72. The smallest absolute Gasteiger partial charge is 0.336 e. The zero-order valence-corrected chi connectivity index (χ0v) is 17.4. The average molecular weight is 446 g/mol. The average Bonchev–Trinajstić information content (AvgIpc) is 2.81. The van der Waals surface area contributed by atoms with Gasteiger partial charge in [0.05, 0.1) is 4.92 Å². The molecule has 1 amide bonds. The molecular weight excluding hydrogens is 428 g/mol. The van der Waals surface area contributed by atoms with E-state index in [-0.39, 0.29) is 17.9 Å². The quantitative estimate of drug-likeness (QED) is 0.157. The summed E-state index contributed by atoms with van der Waals surface area (Å²) in [6.45, 7) is 1.23. The highest BCUT2D eigenvalue weighted by Crippen LogP contribution is 2.27. The zero-order valence-electron chi connectivity index (χ0n) is 17.4. The van der Waals surface area contributed by atoms with Crippen LogP contribution >= 0.6 is 0 Å². The lowest BCUT2D eigenvalue weighted by Crippen LogP contribution is -2.39. The molecule has 9 heteroatoms. The molecule has 0 radical (unpaired) electrons. The van der Waals surface area contributed by atoms with Gasteiger partial charge >= 0.3 is 11.6 Å². The number of amides is 1. The van der Waals surface area contributed by atoms with Crippen LogP contribution < -0.4 is 10.9 Å². The van der Waals surface area contributed by atoms with Gasteiger partial charge in [-0.25, -0.2) is 9.59 Å². The summed E-state index contributed by atoms with van der Waals surface area (Å²) in [5.41, 5.74) is 0.0839. The van der Waals surface area contributed by atoms with Crippen molar-refractivity contribution in [1.82, 2.24) is 5.32 Å². The van der Waals surface area contributed by atoms with Crippen LogP contribution in [0.1, 0.15) is 22.8 Å². The molecule has 9 nitrogen and oxygen atoms in total. The third-order valence-electron chi connectivity index (χ3n) is 5.10. The third kappa shape index (κ3) is 4.57. The number of esters is 1. The fraction of sp³-hybridized carbons (Fsp3) is 0.125. The molecule has 1 heterocycles. The molecule has 166 valence electrons. The largest absolute Gasteiger partial charge is 0.459 e. The monoisotopic (exact) mass is 446 g/mol. The Kier molecular flexibility index (Phi) is 5.86. The van der Waals surface area contributed by atoms with Crippen molar-refractivity contribution in [2.75, 3.05) is 0 Å². The summed E-state index contributed by atoms with van der Waals surface area (Å²) >= 11 is 0. The number of fused-ring (bicyclic) bond motifs is 3. The number of hydrogen-bond donors (Lipinski definition) is 1. The Hall–Kier alpha value is -4.53. The van der Waals surface area contributed by atoms with Crippen molar-refractivity contribution in [3.8, 4) is 0 Å². The van der Waals surface area contributed by atoms with Gasteiger partial charge in [-0.05, 0) is 29.8 Å². The minimum atomic E-state index is -1.03. The molecule has 4 rings (SSSR count). The molecule has 0 aliphatic rings. The number of non-ortho nitro benzene ring substituents is 1. The minimum Gasteiger partial charge on any atom is -0.459 e. The van der Waals surface area contributed by atoms with E-state index in [0.29, 0.717) is 16.5 Å². The maximum atomic E-state index is 12.5. The Morgan fingerprint density at radius 3 is 2.67 bits per heavy atom. The number of carbonyl (C=O) groups excluding carboxylic acids is 2. The maximum Gasteiger partial charge on any atom is 0.336 e. The lowest BCUT2D eigenvalue weighted by atomic mass is 10.0. The van der Waals surface area contributed by atoms with E-state index in [1.165, 1.54) is 31.2 Å². The van der Waals surface area contributed by atoms with Gasteiger partial charge in [0.2, 0.25) is 0 Å². The number of carbonyl (C=O) groups is 2. The van der Waals surface area contributed by atoms with Crippen molar-refractivity contribution in [2.24, 2.45) is 0 Å². The first-order chi connectivity index (χ1) is 15.8. The Labute approximate surface area is 186 Å². The molecule has 0 spiro atoms. The van der Waals surface area contributed by atoms with Gasteiger partial charge in [0, 0.05) is 34.7 Å². The van der Waals surface area contributed by atoms with E-state index in [4.69, 9.17) is 9.15 Å². The first kappa shape index (κ1) is 21.7. The molecule has 33 heavy (non-hydrogen) atoms. The Morgan fingerprint density at radius 2 is 1.88 bits per heavy atom. The van der Waals surface area contributed by atoms with Crippen molar-refractivity contribution >= 4 is 39.3 Å². The number of nitro benzene ring substituents is 1.